The highest BCUT2D eigenvalue weighted by atomic mass is 16.5. The number of amides is 1. The summed E-state index contributed by atoms with van der Waals surface area (Å²) >= 11 is 0. The van der Waals surface area contributed by atoms with Crippen molar-refractivity contribution in [2.75, 3.05) is 19.8 Å². The van der Waals surface area contributed by atoms with Gasteiger partial charge >= 0.3 is 0 Å². The number of hydrogen-bond donors (Lipinski definition) is 1. The molecule has 1 N–H and O–H groups in total. The summed E-state index contributed by atoms with van der Waals surface area (Å²) < 4.78 is 5.47. The molecule has 0 spiro atoms. The minimum atomic E-state index is -0.202. The fourth-order valence-electron chi connectivity index (χ4n) is 2.96. The van der Waals surface area contributed by atoms with Gasteiger partial charge < -0.3 is 14.7 Å². The van der Waals surface area contributed by atoms with Crippen molar-refractivity contribution in [2.24, 2.45) is 11.8 Å². The molecule has 1 aliphatic carbocycles. The first kappa shape index (κ1) is 12.8. The second-order valence-electron chi connectivity index (χ2n) is 5.49. The van der Waals surface area contributed by atoms with Gasteiger partial charge in [-0.15, -0.1) is 0 Å². The lowest BCUT2D eigenvalue weighted by molar-refractivity contribution is -0.151. The molecule has 1 amide bonds. The first-order valence-electron chi connectivity index (χ1n) is 6.66. The van der Waals surface area contributed by atoms with Crippen molar-refractivity contribution in [3.05, 3.63) is 0 Å². The van der Waals surface area contributed by atoms with E-state index < -0.39 is 0 Å². The van der Waals surface area contributed by atoms with E-state index in [1.54, 1.807) is 0 Å². The molecule has 2 aliphatic rings. The second kappa shape index (κ2) is 5.36. The zero-order chi connectivity index (χ0) is 12.4. The maximum Gasteiger partial charge on any atom is 0.226 e. The molecule has 0 aromatic carbocycles. The van der Waals surface area contributed by atoms with Gasteiger partial charge in [0.05, 0.1) is 25.4 Å². The van der Waals surface area contributed by atoms with Crippen LogP contribution in [-0.2, 0) is 9.53 Å². The zero-order valence-corrected chi connectivity index (χ0v) is 10.8. The van der Waals surface area contributed by atoms with E-state index >= 15 is 0 Å². The molecule has 1 heterocycles. The van der Waals surface area contributed by atoms with E-state index in [9.17, 15) is 4.79 Å². The van der Waals surface area contributed by atoms with Crippen LogP contribution in [0.2, 0.25) is 0 Å². The monoisotopic (exact) mass is 241 g/mol. The molecule has 17 heavy (non-hydrogen) atoms. The van der Waals surface area contributed by atoms with Crippen LogP contribution in [-0.4, -0.2) is 47.8 Å². The number of carbonyl (C=O) groups is 1. The van der Waals surface area contributed by atoms with Crippen molar-refractivity contribution in [2.45, 2.75) is 45.3 Å². The Balaban J connectivity index is 2.01. The first-order valence-corrected chi connectivity index (χ1v) is 6.66. The van der Waals surface area contributed by atoms with Crippen LogP contribution in [0.25, 0.3) is 0 Å². The molecule has 4 unspecified atom stereocenters. The summed E-state index contributed by atoms with van der Waals surface area (Å²) in [7, 11) is 0. The lowest BCUT2D eigenvalue weighted by Gasteiger charge is -2.39. The minimum Gasteiger partial charge on any atom is -0.394 e. The molecule has 1 saturated carbocycles. The quantitative estimate of drug-likeness (QED) is 0.785. The third-order valence-corrected chi connectivity index (χ3v) is 4.17. The zero-order valence-electron chi connectivity index (χ0n) is 10.8. The fourth-order valence-corrected chi connectivity index (χ4v) is 2.96. The van der Waals surface area contributed by atoms with E-state index in [1.165, 1.54) is 12.8 Å². The van der Waals surface area contributed by atoms with E-state index in [2.05, 4.69) is 6.92 Å². The van der Waals surface area contributed by atoms with Crippen LogP contribution in [0.3, 0.4) is 0 Å². The highest BCUT2D eigenvalue weighted by molar-refractivity contribution is 5.79. The number of rotatable bonds is 2. The average molecular weight is 241 g/mol. The summed E-state index contributed by atoms with van der Waals surface area (Å²) in [5, 5.41) is 9.13. The maximum absolute atomic E-state index is 12.5. The normalized spacial score (nSPS) is 38.4. The van der Waals surface area contributed by atoms with Gasteiger partial charge in [0.15, 0.2) is 0 Å². The highest BCUT2D eigenvalue weighted by Gasteiger charge is 2.37. The molecule has 1 saturated heterocycles. The van der Waals surface area contributed by atoms with E-state index in [0.29, 0.717) is 19.1 Å². The molecule has 98 valence electrons. The Morgan fingerprint density at radius 3 is 2.76 bits per heavy atom. The van der Waals surface area contributed by atoms with Crippen molar-refractivity contribution in [3.8, 4) is 0 Å². The number of hydrogen-bond acceptors (Lipinski definition) is 3. The predicted octanol–water partition coefficient (Wildman–Crippen LogP) is 1.03. The molecule has 0 bridgehead atoms. The van der Waals surface area contributed by atoms with Crippen LogP contribution in [0.5, 0.6) is 0 Å². The summed E-state index contributed by atoms with van der Waals surface area (Å²) in [5.74, 6) is 0.962. The lowest BCUT2D eigenvalue weighted by Crippen LogP contribution is -2.53. The van der Waals surface area contributed by atoms with Crippen molar-refractivity contribution < 1.29 is 14.6 Å². The van der Waals surface area contributed by atoms with Crippen LogP contribution in [0.15, 0.2) is 0 Å². The third-order valence-electron chi connectivity index (χ3n) is 4.17. The molecule has 2 fully saturated rings. The molecule has 4 heteroatoms. The number of nitrogens with zero attached hydrogens (tertiary/aromatic N) is 1. The Morgan fingerprint density at radius 2 is 2.18 bits per heavy atom. The van der Waals surface area contributed by atoms with Crippen molar-refractivity contribution in [1.82, 2.24) is 4.90 Å². The van der Waals surface area contributed by atoms with Gasteiger partial charge in [-0.25, -0.2) is 0 Å². The van der Waals surface area contributed by atoms with Crippen LogP contribution < -0.4 is 0 Å². The predicted molar refractivity (Wildman–Crippen MR) is 64.5 cm³/mol. The van der Waals surface area contributed by atoms with Gasteiger partial charge in [0.1, 0.15) is 0 Å². The van der Waals surface area contributed by atoms with Crippen LogP contribution >= 0.6 is 0 Å². The third kappa shape index (κ3) is 2.63. The van der Waals surface area contributed by atoms with E-state index in [-0.39, 0.29) is 30.6 Å². The van der Waals surface area contributed by atoms with E-state index in [4.69, 9.17) is 9.84 Å². The molecule has 4 atom stereocenters. The standard InChI is InChI=1S/C13H23NO3/c1-9-4-3-5-12(9)13(16)14-6-11(7-15)17-8-10(14)2/h9-12,15H,3-8H2,1-2H3. The van der Waals surface area contributed by atoms with Crippen molar-refractivity contribution in [1.29, 1.82) is 0 Å². The Kier molecular flexibility index (Phi) is 4.05. The van der Waals surface area contributed by atoms with Crippen LogP contribution in [0.1, 0.15) is 33.1 Å². The smallest absolute Gasteiger partial charge is 0.226 e. The summed E-state index contributed by atoms with van der Waals surface area (Å²) in [6.45, 7) is 5.27. The molecule has 0 aromatic heterocycles. The van der Waals surface area contributed by atoms with Gasteiger partial charge in [-0.05, 0) is 25.7 Å². The number of aliphatic hydroxyl groups is 1. The van der Waals surface area contributed by atoms with Crippen LogP contribution in [0.4, 0.5) is 0 Å². The number of aliphatic hydroxyl groups excluding tert-OH is 1. The van der Waals surface area contributed by atoms with Gasteiger partial charge in [0.2, 0.25) is 5.91 Å². The van der Waals surface area contributed by atoms with Gasteiger partial charge in [-0.1, -0.05) is 13.3 Å². The van der Waals surface area contributed by atoms with Gasteiger partial charge in [-0.3, -0.25) is 4.79 Å². The number of morpholine rings is 1. The van der Waals surface area contributed by atoms with Gasteiger partial charge in [0, 0.05) is 12.5 Å². The summed E-state index contributed by atoms with van der Waals surface area (Å²) in [4.78, 5) is 14.4. The van der Waals surface area contributed by atoms with Crippen molar-refractivity contribution >= 4 is 5.91 Å². The van der Waals surface area contributed by atoms with Crippen molar-refractivity contribution in [3.63, 3.8) is 0 Å². The Labute approximate surface area is 103 Å². The molecular formula is C13H23NO3. The van der Waals surface area contributed by atoms with Gasteiger partial charge in [-0.2, -0.15) is 0 Å². The second-order valence-corrected chi connectivity index (χ2v) is 5.49. The average Bonchev–Trinajstić information content (AvgIpc) is 2.75. The number of ether oxygens (including phenoxy) is 1. The summed E-state index contributed by atoms with van der Waals surface area (Å²) in [6, 6.07) is 0.137. The summed E-state index contributed by atoms with van der Waals surface area (Å²) in [6.07, 6.45) is 3.15. The minimum absolute atomic E-state index is 0.00325. The fraction of sp³-hybridized carbons (Fsp3) is 0.923. The van der Waals surface area contributed by atoms with Crippen LogP contribution in [0, 0.1) is 11.8 Å². The number of carbonyl (C=O) groups excluding carboxylic acids is 1. The summed E-state index contributed by atoms with van der Waals surface area (Å²) in [5.41, 5.74) is 0. The maximum atomic E-state index is 12.5. The molecular weight excluding hydrogens is 218 g/mol. The highest BCUT2D eigenvalue weighted by Crippen LogP contribution is 2.33. The van der Waals surface area contributed by atoms with Gasteiger partial charge in [0.25, 0.3) is 0 Å². The Bertz CT molecular complexity index is 282. The Hall–Kier alpha value is -0.610. The molecule has 0 aromatic rings. The topological polar surface area (TPSA) is 49.8 Å². The van der Waals surface area contributed by atoms with E-state index in [0.717, 1.165) is 6.42 Å². The molecule has 4 nitrogen and oxygen atoms in total. The largest absolute Gasteiger partial charge is 0.394 e. The Morgan fingerprint density at radius 1 is 1.41 bits per heavy atom. The molecule has 0 radical (unpaired) electrons. The van der Waals surface area contributed by atoms with E-state index in [1.807, 2.05) is 11.8 Å². The lowest BCUT2D eigenvalue weighted by atomic mass is 9.95. The first-order chi connectivity index (χ1) is 8.13. The SMILES string of the molecule is CC1CCCC1C(=O)N1CC(CO)OCC1C. The molecule has 2 rings (SSSR count). The molecule has 1 aliphatic heterocycles.